The monoisotopic (exact) mass is 292 g/mol. The van der Waals surface area contributed by atoms with Crippen LogP contribution in [-0.2, 0) is 4.74 Å². The number of hydrogen-bond donors (Lipinski definition) is 1. The van der Waals surface area contributed by atoms with Crippen molar-refractivity contribution in [2.75, 3.05) is 38.6 Å². The molecule has 0 atom stereocenters. The van der Waals surface area contributed by atoms with Crippen LogP contribution in [0.2, 0.25) is 0 Å². The first-order valence-corrected chi connectivity index (χ1v) is 7.53. The molecule has 2 heterocycles. The van der Waals surface area contributed by atoms with Gasteiger partial charge >= 0.3 is 5.97 Å². The van der Waals surface area contributed by atoms with E-state index in [1.165, 1.54) is 19.0 Å². The van der Waals surface area contributed by atoms with Gasteiger partial charge in [-0.2, -0.15) is 0 Å². The number of nitrogens with zero attached hydrogens (tertiary/aromatic N) is 3. The van der Waals surface area contributed by atoms with E-state index in [1.54, 1.807) is 13.8 Å². The van der Waals surface area contributed by atoms with Gasteiger partial charge in [-0.1, -0.05) is 0 Å². The van der Waals surface area contributed by atoms with Crippen molar-refractivity contribution in [3.8, 4) is 0 Å². The third-order valence-electron chi connectivity index (χ3n) is 3.86. The summed E-state index contributed by atoms with van der Waals surface area (Å²) in [6.07, 6.45) is 3.93. The van der Waals surface area contributed by atoms with Crippen LogP contribution in [0.4, 0.5) is 5.95 Å². The molecule has 2 rings (SSSR count). The van der Waals surface area contributed by atoms with Gasteiger partial charge < -0.3 is 15.0 Å². The van der Waals surface area contributed by atoms with E-state index in [4.69, 9.17) is 4.74 Å². The molecular formula is C15H24N4O2. The van der Waals surface area contributed by atoms with Gasteiger partial charge in [-0.25, -0.2) is 14.8 Å². The molecule has 0 bridgehead atoms. The Bertz CT molecular complexity index is 485. The van der Waals surface area contributed by atoms with E-state index >= 15 is 0 Å². The first-order valence-electron chi connectivity index (χ1n) is 7.53. The molecule has 21 heavy (non-hydrogen) atoms. The molecule has 1 aromatic rings. The first-order chi connectivity index (χ1) is 10.1. The Morgan fingerprint density at radius 2 is 2.19 bits per heavy atom. The van der Waals surface area contributed by atoms with Crippen molar-refractivity contribution in [2.24, 2.45) is 5.92 Å². The minimum absolute atomic E-state index is 0.356. The average Bonchev–Trinajstić information content (AvgIpc) is 2.47. The normalized spacial score (nSPS) is 16.7. The summed E-state index contributed by atoms with van der Waals surface area (Å²) in [5, 5.41) is 3.28. The van der Waals surface area contributed by atoms with Gasteiger partial charge in [0, 0.05) is 12.7 Å². The smallest absolute Gasteiger partial charge is 0.341 e. The molecule has 6 heteroatoms. The lowest BCUT2D eigenvalue weighted by Gasteiger charge is -2.28. The maximum absolute atomic E-state index is 11.7. The van der Waals surface area contributed by atoms with Gasteiger partial charge in [-0.15, -0.1) is 0 Å². The van der Waals surface area contributed by atoms with E-state index in [1.807, 2.05) is 0 Å². The van der Waals surface area contributed by atoms with Crippen molar-refractivity contribution in [1.29, 1.82) is 0 Å². The van der Waals surface area contributed by atoms with E-state index in [2.05, 4.69) is 27.2 Å². The van der Waals surface area contributed by atoms with Gasteiger partial charge in [0.05, 0.1) is 17.9 Å². The molecule has 1 aliphatic rings. The summed E-state index contributed by atoms with van der Waals surface area (Å²) in [4.78, 5) is 22.6. The second-order valence-corrected chi connectivity index (χ2v) is 5.54. The summed E-state index contributed by atoms with van der Waals surface area (Å²) < 4.78 is 4.97. The first kappa shape index (κ1) is 15.7. The van der Waals surface area contributed by atoms with Crippen molar-refractivity contribution < 1.29 is 9.53 Å². The Kier molecular flexibility index (Phi) is 5.50. The molecule has 0 radical (unpaired) electrons. The third kappa shape index (κ3) is 4.39. The summed E-state index contributed by atoms with van der Waals surface area (Å²) in [6, 6.07) is 0. The zero-order valence-electron chi connectivity index (χ0n) is 13.1. The molecule has 1 saturated heterocycles. The van der Waals surface area contributed by atoms with Crippen molar-refractivity contribution in [2.45, 2.75) is 26.7 Å². The molecule has 0 unspecified atom stereocenters. The molecule has 0 amide bonds. The zero-order valence-corrected chi connectivity index (χ0v) is 13.1. The van der Waals surface area contributed by atoms with Crippen LogP contribution >= 0.6 is 0 Å². The maximum Gasteiger partial charge on any atom is 0.341 e. The van der Waals surface area contributed by atoms with E-state index in [0.29, 0.717) is 29.7 Å². The summed E-state index contributed by atoms with van der Waals surface area (Å²) in [5.41, 5.74) is 1.08. The number of carbonyl (C=O) groups is 1. The minimum atomic E-state index is -0.364. The number of ether oxygens (including phenoxy) is 1. The number of piperidine rings is 1. The Balaban J connectivity index is 1.89. The van der Waals surface area contributed by atoms with Crippen molar-refractivity contribution in [1.82, 2.24) is 14.9 Å². The van der Waals surface area contributed by atoms with Gasteiger partial charge in [0.2, 0.25) is 5.95 Å². The van der Waals surface area contributed by atoms with Crippen LogP contribution in [-0.4, -0.2) is 54.1 Å². The SMILES string of the molecule is CCOC(=O)c1cnc(NCC2CCN(C)CC2)nc1C. The fourth-order valence-electron chi connectivity index (χ4n) is 2.46. The molecular weight excluding hydrogens is 268 g/mol. The molecule has 0 spiro atoms. The highest BCUT2D eigenvalue weighted by atomic mass is 16.5. The Morgan fingerprint density at radius 3 is 2.81 bits per heavy atom. The lowest BCUT2D eigenvalue weighted by Crippen LogP contribution is -2.33. The highest BCUT2D eigenvalue weighted by Gasteiger charge is 2.17. The van der Waals surface area contributed by atoms with Crippen LogP contribution in [0.5, 0.6) is 0 Å². The molecule has 116 valence electrons. The summed E-state index contributed by atoms with van der Waals surface area (Å²) in [6.45, 7) is 7.11. The average molecular weight is 292 g/mol. The van der Waals surface area contributed by atoms with Crippen LogP contribution in [0, 0.1) is 12.8 Å². The molecule has 1 N–H and O–H groups in total. The Labute approximate surface area is 125 Å². The van der Waals surface area contributed by atoms with Crippen LogP contribution in [0.3, 0.4) is 0 Å². The Hall–Kier alpha value is -1.69. The molecule has 1 aliphatic heterocycles. The van der Waals surface area contributed by atoms with Gasteiger partial charge in [-0.05, 0) is 52.7 Å². The van der Waals surface area contributed by atoms with Gasteiger partial charge in [0.15, 0.2) is 0 Å². The predicted molar refractivity (Wildman–Crippen MR) is 81.4 cm³/mol. The number of anilines is 1. The van der Waals surface area contributed by atoms with E-state index in [9.17, 15) is 4.79 Å². The molecule has 0 aliphatic carbocycles. The second-order valence-electron chi connectivity index (χ2n) is 5.54. The quantitative estimate of drug-likeness (QED) is 0.833. The molecule has 6 nitrogen and oxygen atoms in total. The fraction of sp³-hybridized carbons (Fsp3) is 0.667. The summed E-state index contributed by atoms with van der Waals surface area (Å²) in [7, 11) is 2.16. The Morgan fingerprint density at radius 1 is 1.48 bits per heavy atom. The van der Waals surface area contributed by atoms with Gasteiger partial charge in [-0.3, -0.25) is 0 Å². The van der Waals surface area contributed by atoms with Crippen molar-refractivity contribution in [3.63, 3.8) is 0 Å². The predicted octanol–water partition coefficient (Wildman–Crippen LogP) is 1.72. The van der Waals surface area contributed by atoms with Crippen LogP contribution in [0.25, 0.3) is 0 Å². The lowest BCUT2D eigenvalue weighted by molar-refractivity contribution is 0.0524. The number of likely N-dealkylation sites (tertiary alicyclic amines) is 1. The van der Waals surface area contributed by atoms with Crippen molar-refractivity contribution in [3.05, 3.63) is 17.5 Å². The second kappa shape index (κ2) is 7.36. The summed E-state index contributed by atoms with van der Waals surface area (Å²) >= 11 is 0. The van der Waals surface area contributed by atoms with E-state index in [-0.39, 0.29) is 5.97 Å². The standard InChI is InChI=1S/C15H24N4O2/c1-4-21-14(20)13-10-17-15(18-11(13)2)16-9-12-5-7-19(3)8-6-12/h10,12H,4-9H2,1-3H3,(H,16,17,18). The molecule has 1 aromatic heterocycles. The molecule has 0 saturated carbocycles. The van der Waals surface area contributed by atoms with Crippen molar-refractivity contribution >= 4 is 11.9 Å². The topological polar surface area (TPSA) is 67.3 Å². The number of rotatable bonds is 5. The largest absolute Gasteiger partial charge is 0.462 e. The van der Waals surface area contributed by atoms with E-state index < -0.39 is 0 Å². The number of hydrogen-bond acceptors (Lipinski definition) is 6. The highest BCUT2D eigenvalue weighted by Crippen LogP contribution is 2.16. The van der Waals surface area contributed by atoms with Crippen LogP contribution in [0.1, 0.15) is 35.8 Å². The minimum Gasteiger partial charge on any atom is -0.462 e. The van der Waals surface area contributed by atoms with Gasteiger partial charge in [0.25, 0.3) is 0 Å². The number of aryl methyl sites for hydroxylation is 1. The zero-order chi connectivity index (χ0) is 15.2. The number of aromatic nitrogens is 2. The highest BCUT2D eigenvalue weighted by molar-refractivity contribution is 5.90. The van der Waals surface area contributed by atoms with Crippen LogP contribution in [0.15, 0.2) is 6.20 Å². The summed E-state index contributed by atoms with van der Waals surface area (Å²) in [5.74, 6) is 0.881. The fourth-order valence-corrected chi connectivity index (χ4v) is 2.46. The van der Waals surface area contributed by atoms with Crippen LogP contribution < -0.4 is 5.32 Å². The molecule has 0 aromatic carbocycles. The molecule has 1 fully saturated rings. The maximum atomic E-state index is 11.7. The number of nitrogens with one attached hydrogen (secondary N) is 1. The number of esters is 1. The lowest BCUT2D eigenvalue weighted by atomic mass is 9.97. The van der Waals surface area contributed by atoms with E-state index in [0.717, 1.165) is 19.6 Å². The van der Waals surface area contributed by atoms with Gasteiger partial charge in [0.1, 0.15) is 0 Å². The number of carbonyl (C=O) groups excluding carboxylic acids is 1. The third-order valence-corrected chi connectivity index (χ3v) is 3.86.